The molecular formula is C22H19N3OS. The van der Waals surface area contributed by atoms with Crippen LogP contribution in [-0.2, 0) is 19.4 Å². The minimum atomic E-state index is 0.0923. The summed E-state index contributed by atoms with van der Waals surface area (Å²) in [5.74, 6) is 0.0923. The number of rotatable bonds is 7. The van der Waals surface area contributed by atoms with Crippen LogP contribution in [0.1, 0.15) is 32.3 Å². The Kier molecular flexibility index (Phi) is 5.21. The van der Waals surface area contributed by atoms with Crippen LogP contribution in [0.5, 0.6) is 0 Å². The Hall–Kier alpha value is -3.05. The molecule has 3 aromatic heterocycles. The number of carbonyl (C=O) groups is 1. The lowest BCUT2D eigenvalue weighted by atomic mass is 10.1. The first-order valence-electron chi connectivity index (χ1n) is 8.82. The Balaban J connectivity index is 1.44. The van der Waals surface area contributed by atoms with Crippen molar-refractivity contribution in [2.24, 2.45) is 0 Å². The Morgan fingerprint density at radius 1 is 0.963 bits per heavy atom. The zero-order valence-corrected chi connectivity index (χ0v) is 15.6. The normalized spacial score (nSPS) is 10.8. The van der Waals surface area contributed by atoms with Gasteiger partial charge in [-0.25, -0.2) is 4.98 Å². The molecule has 0 spiro atoms. The van der Waals surface area contributed by atoms with Crippen molar-refractivity contribution in [3.05, 3.63) is 106 Å². The lowest BCUT2D eigenvalue weighted by molar-refractivity contribution is 0.0984. The molecule has 0 fully saturated rings. The van der Waals surface area contributed by atoms with E-state index in [2.05, 4.69) is 22.1 Å². The van der Waals surface area contributed by atoms with E-state index in [0.717, 1.165) is 22.7 Å². The van der Waals surface area contributed by atoms with E-state index in [1.807, 2.05) is 58.6 Å². The third kappa shape index (κ3) is 4.38. The van der Waals surface area contributed by atoms with Crippen molar-refractivity contribution in [3.63, 3.8) is 0 Å². The summed E-state index contributed by atoms with van der Waals surface area (Å²) in [5, 5.41) is 2.91. The first-order chi connectivity index (χ1) is 13.3. The molecule has 1 aromatic carbocycles. The smallest absolute Gasteiger partial charge is 0.186 e. The third-order valence-electron chi connectivity index (χ3n) is 4.36. The van der Waals surface area contributed by atoms with Gasteiger partial charge in [-0.05, 0) is 35.4 Å². The number of hydrogen-bond acceptors (Lipinski definition) is 4. The number of thiazole rings is 1. The minimum Gasteiger partial charge on any atom is -0.341 e. The molecule has 5 heteroatoms. The zero-order chi connectivity index (χ0) is 18.5. The van der Waals surface area contributed by atoms with Gasteiger partial charge >= 0.3 is 0 Å². The maximum atomic E-state index is 12.8. The highest BCUT2D eigenvalue weighted by molar-refractivity contribution is 7.09. The Bertz CT molecular complexity index is 1020. The Morgan fingerprint density at radius 3 is 2.59 bits per heavy atom. The summed E-state index contributed by atoms with van der Waals surface area (Å²) in [4.78, 5) is 21.5. The van der Waals surface area contributed by atoms with Gasteiger partial charge in [0.2, 0.25) is 0 Å². The topological polar surface area (TPSA) is 47.8 Å². The Morgan fingerprint density at radius 2 is 1.78 bits per heavy atom. The fourth-order valence-corrected chi connectivity index (χ4v) is 3.83. The van der Waals surface area contributed by atoms with Gasteiger partial charge in [0.25, 0.3) is 0 Å². The molecule has 0 N–H and O–H groups in total. The second-order valence-electron chi connectivity index (χ2n) is 6.37. The van der Waals surface area contributed by atoms with Crippen molar-refractivity contribution in [3.8, 4) is 0 Å². The highest BCUT2D eigenvalue weighted by Gasteiger charge is 2.14. The molecule has 0 amide bonds. The molecule has 0 aliphatic rings. The molecule has 27 heavy (non-hydrogen) atoms. The van der Waals surface area contributed by atoms with Gasteiger partial charge < -0.3 is 4.57 Å². The minimum absolute atomic E-state index is 0.0923. The predicted octanol–water partition coefficient (Wildman–Crippen LogP) is 4.40. The van der Waals surface area contributed by atoms with E-state index in [-0.39, 0.29) is 5.78 Å². The number of benzene rings is 1. The van der Waals surface area contributed by atoms with Crippen LogP contribution in [0.25, 0.3) is 0 Å². The average molecular weight is 373 g/mol. The third-order valence-corrected chi connectivity index (χ3v) is 5.25. The number of pyridine rings is 1. The van der Waals surface area contributed by atoms with Crippen molar-refractivity contribution >= 4 is 17.1 Å². The first-order valence-corrected chi connectivity index (χ1v) is 9.70. The van der Waals surface area contributed by atoms with Gasteiger partial charge in [-0.15, -0.1) is 11.3 Å². The van der Waals surface area contributed by atoms with E-state index in [4.69, 9.17) is 0 Å². The van der Waals surface area contributed by atoms with Crippen LogP contribution < -0.4 is 0 Å². The van der Waals surface area contributed by atoms with E-state index in [1.165, 1.54) is 5.56 Å². The van der Waals surface area contributed by atoms with Crippen molar-refractivity contribution in [1.82, 2.24) is 14.5 Å². The second-order valence-corrected chi connectivity index (χ2v) is 7.31. The molecule has 4 nitrogen and oxygen atoms in total. The molecule has 134 valence electrons. The number of aromatic nitrogens is 3. The number of carbonyl (C=O) groups excluding carboxylic acids is 1. The fourth-order valence-electron chi connectivity index (χ4n) is 3.03. The molecule has 0 radical (unpaired) electrons. The SMILES string of the molecule is O=C(Cc1nc(Cc2ccccc2)cs1)c1cccn1Cc1ccncc1. The number of ketones is 1. The summed E-state index contributed by atoms with van der Waals surface area (Å²) < 4.78 is 1.98. The van der Waals surface area contributed by atoms with Gasteiger partial charge in [0, 0.05) is 36.9 Å². The molecule has 0 saturated heterocycles. The molecule has 0 atom stereocenters. The van der Waals surface area contributed by atoms with Crippen LogP contribution in [0, 0.1) is 0 Å². The van der Waals surface area contributed by atoms with E-state index >= 15 is 0 Å². The maximum Gasteiger partial charge on any atom is 0.186 e. The van der Waals surface area contributed by atoms with Crippen LogP contribution in [-0.4, -0.2) is 20.3 Å². The Labute approximate surface area is 162 Å². The lowest BCUT2D eigenvalue weighted by Gasteiger charge is -2.08. The van der Waals surface area contributed by atoms with Crippen molar-refractivity contribution in [1.29, 1.82) is 0 Å². The monoisotopic (exact) mass is 373 g/mol. The fraction of sp³-hybridized carbons (Fsp3) is 0.136. The largest absolute Gasteiger partial charge is 0.341 e. The summed E-state index contributed by atoms with van der Waals surface area (Å²) >= 11 is 1.55. The van der Waals surface area contributed by atoms with Crippen molar-refractivity contribution < 1.29 is 4.79 Å². The predicted molar refractivity (Wildman–Crippen MR) is 107 cm³/mol. The summed E-state index contributed by atoms with van der Waals surface area (Å²) in [5.41, 5.74) is 4.08. The van der Waals surface area contributed by atoms with E-state index < -0.39 is 0 Å². The maximum absolute atomic E-state index is 12.8. The average Bonchev–Trinajstić information content (AvgIpc) is 3.33. The van der Waals surface area contributed by atoms with Gasteiger partial charge in [0.05, 0.1) is 17.8 Å². The van der Waals surface area contributed by atoms with Gasteiger partial charge in [0.15, 0.2) is 5.78 Å². The molecule has 0 saturated carbocycles. The summed E-state index contributed by atoms with van der Waals surface area (Å²) in [6, 6.07) is 18.0. The second kappa shape index (κ2) is 8.10. The summed E-state index contributed by atoms with van der Waals surface area (Å²) in [6.07, 6.45) is 6.61. The van der Waals surface area contributed by atoms with Crippen LogP contribution in [0.3, 0.4) is 0 Å². The molecule has 0 bridgehead atoms. The van der Waals surface area contributed by atoms with Crippen LogP contribution in [0.2, 0.25) is 0 Å². The standard InChI is InChI=1S/C22H19N3OS/c26-21(20-7-4-12-25(20)15-18-8-10-23-11-9-18)14-22-24-19(16-27-22)13-17-5-2-1-3-6-17/h1-12,16H,13-15H2. The number of Topliss-reactive ketones (excluding diaryl/α,β-unsaturated/α-hetero) is 1. The highest BCUT2D eigenvalue weighted by Crippen LogP contribution is 2.17. The van der Waals surface area contributed by atoms with E-state index in [0.29, 0.717) is 18.7 Å². The molecule has 3 heterocycles. The first kappa shape index (κ1) is 17.4. The van der Waals surface area contributed by atoms with Gasteiger partial charge in [-0.1, -0.05) is 30.3 Å². The van der Waals surface area contributed by atoms with E-state index in [1.54, 1.807) is 23.7 Å². The number of hydrogen-bond donors (Lipinski definition) is 0. The van der Waals surface area contributed by atoms with Gasteiger partial charge in [-0.2, -0.15) is 0 Å². The highest BCUT2D eigenvalue weighted by atomic mass is 32.1. The molecular weight excluding hydrogens is 354 g/mol. The summed E-state index contributed by atoms with van der Waals surface area (Å²) in [6.45, 7) is 0.660. The lowest BCUT2D eigenvalue weighted by Crippen LogP contribution is -2.11. The van der Waals surface area contributed by atoms with Crippen LogP contribution in [0.4, 0.5) is 0 Å². The van der Waals surface area contributed by atoms with E-state index in [9.17, 15) is 4.79 Å². The molecule has 4 aromatic rings. The molecule has 0 aliphatic carbocycles. The zero-order valence-electron chi connectivity index (χ0n) is 14.8. The van der Waals surface area contributed by atoms with Crippen molar-refractivity contribution in [2.45, 2.75) is 19.4 Å². The van der Waals surface area contributed by atoms with Gasteiger partial charge in [0.1, 0.15) is 5.01 Å². The molecule has 4 rings (SSSR count). The molecule has 0 aliphatic heterocycles. The van der Waals surface area contributed by atoms with Crippen LogP contribution in [0.15, 0.2) is 78.6 Å². The molecule has 0 unspecified atom stereocenters. The van der Waals surface area contributed by atoms with Gasteiger partial charge in [-0.3, -0.25) is 9.78 Å². The number of nitrogens with zero attached hydrogens (tertiary/aromatic N) is 3. The van der Waals surface area contributed by atoms with Crippen LogP contribution >= 0.6 is 11.3 Å². The quantitative estimate of drug-likeness (QED) is 0.451. The van der Waals surface area contributed by atoms with Crippen molar-refractivity contribution in [2.75, 3.05) is 0 Å². The summed E-state index contributed by atoms with van der Waals surface area (Å²) in [7, 11) is 0.